The van der Waals surface area contributed by atoms with Crippen LogP contribution in [0.15, 0.2) is 23.1 Å². The first kappa shape index (κ1) is 12.7. The Morgan fingerprint density at radius 2 is 2.00 bits per heavy atom. The fraction of sp³-hybridized carbons (Fsp3) is 0.300. The molecule has 0 saturated heterocycles. The van der Waals surface area contributed by atoms with Crippen LogP contribution in [-0.4, -0.2) is 15.7 Å². The fourth-order valence-corrected chi connectivity index (χ4v) is 2.51. The zero-order valence-corrected chi connectivity index (χ0v) is 10.5. The number of carbonyl (C=O) groups is 1. The molecular formula is C10H10Cl2O2S. The number of benzene rings is 1. The Labute approximate surface area is 101 Å². The van der Waals surface area contributed by atoms with E-state index in [0.29, 0.717) is 27.1 Å². The maximum atomic E-state index is 11.7. The van der Waals surface area contributed by atoms with E-state index < -0.39 is 10.8 Å². The molecule has 0 fully saturated rings. The van der Waals surface area contributed by atoms with E-state index in [1.54, 1.807) is 18.2 Å². The third-order valence-electron chi connectivity index (χ3n) is 1.79. The lowest BCUT2D eigenvalue weighted by molar-refractivity contribution is -0.116. The zero-order valence-electron chi connectivity index (χ0n) is 8.13. The standard InChI is InChI=1S/C10H10Cl2O2S/c1-7(13)4-5-15(14)8-2-3-9(11)10(12)6-8/h2-3,6H,4-5H2,1H3. The van der Waals surface area contributed by atoms with Gasteiger partial charge in [-0.15, -0.1) is 0 Å². The number of Topliss-reactive ketones (excluding diaryl/α,β-unsaturated/α-hetero) is 1. The predicted octanol–water partition coefficient (Wildman–Crippen LogP) is 3.08. The molecule has 0 saturated carbocycles. The molecule has 1 aromatic carbocycles. The summed E-state index contributed by atoms with van der Waals surface area (Å²) in [6.07, 6.45) is 0.312. The minimum Gasteiger partial charge on any atom is -0.300 e. The van der Waals surface area contributed by atoms with Crippen LogP contribution < -0.4 is 0 Å². The molecular weight excluding hydrogens is 255 g/mol. The average Bonchev–Trinajstić information content (AvgIpc) is 2.18. The number of ketones is 1. The SMILES string of the molecule is CC(=O)CCS(=O)c1ccc(Cl)c(Cl)c1. The highest BCUT2D eigenvalue weighted by atomic mass is 35.5. The first-order chi connectivity index (χ1) is 7.00. The summed E-state index contributed by atoms with van der Waals surface area (Å²) in [6.45, 7) is 1.48. The Morgan fingerprint density at radius 3 is 2.53 bits per heavy atom. The molecule has 0 N–H and O–H groups in total. The van der Waals surface area contributed by atoms with Gasteiger partial charge in [0.2, 0.25) is 0 Å². The maximum Gasteiger partial charge on any atom is 0.130 e. The normalized spacial score (nSPS) is 12.5. The van der Waals surface area contributed by atoms with Crippen molar-refractivity contribution in [1.29, 1.82) is 0 Å². The summed E-state index contributed by atoms with van der Waals surface area (Å²) in [4.78, 5) is 11.3. The molecule has 0 amide bonds. The van der Waals surface area contributed by atoms with Crippen LogP contribution in [0.4, 0.5) is 0 Å². The highest BCUT2D eigenvalue weighted by molar-refractivity contribution is 7.85. The van der Waals surface area contributed by atoms with Crippen LogP contribution >= 0.6 is 23.2 Å². The Hall–Kier alpha value is -0.380. The first-order valence-corrected chi connectivity index (χ1v) is 6.41. The highest BCUT2D eigenvalue weighted by Crippen LogP contribution is 2.24. The van der Waals surface area contributed by atoms with Crippen LogP contribution in [0.2, 0.25) is 10.0 Å². The van der Waals surface area contributed by atoms with Gasteiger partial charge in [0, 0.05) is 17.1 Å². The smallest absolute Gasteiger partial charge is 0.130 e. The van der Waals surface area contributed by atoms with Crippen molar-refractivity contribution in [3.05, 3.63) is 28.2 Å². The second kappa shape index (κ2) is 5.64. The van der Waals surface area contributed by atoms with Crippen LogP contribution in [-0.2, 0) is 15.6 Å². The molecule has 1 unspecified atom stereocenters. The van der Waals surface area contributed by atoms with Gasteiger partial charge in [-0.2, -0.15) is 0 Å². The molecule has 82 valence electrons. The number of halogens is 2. The average molecular weight is 265 g/mol. The fourth-order valence-electron chi connectivity index (χ4n) is 0.973. The molecule has 0 bridgehead atoms. The second-order valence-electron chi connectivity index (χ2n) is 3.08. The maximum absolute atomic E-state index is 11.7. The van der Waals surface area contributed by atoms with Gasteiger partial charge < -0.3 is 0 Å². The lowest BCUT2D eigenvalue weighted by Gasteiger charge is -2.02. The Kier molecular flexibility index (Phi) is 4.77. The monoisotopic (exact) mass is 264 g/mol. The van der Waals surface area contributed by atoms with Crippen LogP contribution in [0.1, 0.15) is 13.3 Å². The molecule has 1 aromatic rings. The van der Waals surface area contributed by atoms with Gasteiger partial charge in [0.25, 0.3) is 0 Å². The molecule has 2 nitrogen and oxygen atoms in total. The summed E-state index contributed by atoms with van der Waals surface area (Å²) >= 11 is 11.5. The van der Waals surface area contributed by atoms with Gasteiger partial charge in [0.1, 0.15) is 5.78 Å². The van der Waals surface area contributed by atoms with E-state index >= 15 is 0 Å². The van der Waals surface area contributed by atoms with Crippen molar-refractivity contribution < 1.29 is 9.00 Å². The summed E-state index contributed by atoms with van der Waals surface area (Å²) in [7, 11) is -1.19. The van der Waals surface area contributed by atoms with Gasteiger partial charge in [-0.1, -0.05) is 23.2 Å². The van der Waals surface area contributed by atoms with Crippen molar-refractivity contribution in [1.82, 2.24) is 0 Å². The predicted molar refractivity (Wildman–Crippen MR) is 63.0 cm³/mol. The van der Waals surface area contributed by atoms with Crippen molar-refractivity contribution in [2.24, 2.45) is 0 Å². The van der Waals surface area contributed by atoms with Gasteiger partial charge >= 0.3 is 0 Å². The summed E-state index contributed by atoms with van der Waals surface area (Å²) < 4.78 is 11.7. The van der Waals surface area contributed by atoms with E-state index in [-0.39, 0.29) is 5.78 Å². The van der Waals surface area contributed by atoms with Gasteiger partial charge in [-0.3, -0.25) is 9.00 Å². The Bertz CT molecular complexity index is 404. The minimum atomic E-state index is -1.19. The first-order valence-electron chi connectivity index (χ1n) is 4.33. The van der Waals surface area contributed by atoms with Crippen molar-refractivity contribution in [2.75, 3.05) is 5.75 Å². The summed E-state index contributed by atoms with van der Waals surface area (Å²) in [6, 6.07) is 4.83. The van der Waals surface area contributed by atoms with Crippen LogP contribution in [0.3, 0.4) is 0 Å². The van der Waals surface area contributed by atoms with E-state index in [9.17, 15) is 9.00 Å². The molecule has 0 radical (unpaired) electrons. The number of hydrogen-bond donors (Lipinski definition) is 0. The molecule has 0 aliphatic heterocycles. The van der Waals surface area contributed by atoms with Gasteiger partial charge in [-0.25, -0.2) is 0 Å². The van der Waals surface area contributed by atoms with Crippen molar-refractivity contribution >= 4 is 39.8 Å². The van der Waals surface area contributed by atoms with Gasteiger partial charge in [0.05, 0.1) is 20.8 Å². The Morgan fingerprint density at radius 1 is 1.33 bits per heavy atom. The lowest BCUT2D eigenvalue weighted by atomic mass is 10.3. The van der Waals surface area contributed by atoms with E-state index in [1.807, 2.05) is 0 Å². The van der Waals surface area contributed by atoms with Crippen LogP contribution in [0.25, 0.3) is 0 Å². The van der Waals surface area contributed by atoms with Crippen molar-refractivity contribution in [3.8, 4) is 0 Å². The summed E-state index contributed by atoms with van der Waals surface area (Å²) in [5, 5.41) is 0.814. The molecule has 5 heteroatoms. The molecule has 0 aromatic heterocycles. The van der Waals surface area contributed by atoms with Crippen molar-refractivity contribution in [3.63, 3.8) is 0 Å². The number of hydrogen-bond acceptors (Lipinski definition) is 2. The van der Waals surface area contributed by atoms with E-state index in [1.165, 1.54) is 6.92 Å². The minimum absolute atomic E-state index is 0.0309. The third-order valence-corrected chi connectivity index (χ3v) is 3.89. The zero-order chi connectivity index (χ0) is 11.4. The van der Waals surface area contributed by atoms with E-state index in [2.05, 4.69) is 0 Å². The largest absolute Gasteiger partial charge is 0.300 e. The summed E-state index contributed by atoms with van der Waals surface area (Å²) in [5.41, 5.74) is 0. The van der Waals surface area contributed by atoms with Gasteiger partial charge in [0.15, 0.2) is 0 Å². The number of rotatable bonds is 4. The highest BCUT2D eigenvalue weighted by Gasteiger charge is 2.07. The summed E-state index contributed by atoms with van der Waals surface area (Å²) in [5.74, 6) is 0.358. The molecule has 0 spiro atoms. The molecule has 0 aliphatic carbocycles. The molecule has 15 heavy (non-hydrogen) atoms. The van der Waals surface area contributed by atoms with E-state index in [0.717, 1.165) is 0 Å². The molecule has 1 atom stereocenters. The quantitative estimate of drug-likeness (QED) is 0.838. The topological polar surface area (TPSA) is 34.1 Å². The third kappa shape index (κ3) is 3.93. The lowest BCUT2D eigenvalue weighted by Crippen LogP contribution is -2.02. The number of carbonyl (C=O) groups excluding carboxylic acids is 1. The van der Waals surface area contributed by atoms with Crippen LogP contribution in [0.5, 0.6) is 0 Å². The van der Waals surface area contributed by atoms with Gasteiger partial charge in [-0.05, 0) is 25.1 Å². The second-order valence-corrected chi connectivity index (χ2v) is 5.46. The van der Waals surface area contributed by atoms with E-state index in [4.69, 9.17) is 23.2 Å². The molecule has 1 rings (SSSR count). The van der Waals surface area contributed by atoms with Crippen LogP contribution in [0, 0.1) is 0 Å². The Balaban J connectivity index is 2.74. The molecule has 0 heterocycles. The molecule has 0 aliphatic rings. The van der Waals surface area contributed by atoms with Crippen molar-refractivity contribution in [2.45, 2.75) is 18.2 Å².